The predicted octanol–water partition coefficient (Wildman–Crippen LogP) is 0.699. The molecule has 0 aliphatic carbocycles. The lowest BCUT2D eigenvalue weighted by molar-refractivity contribution is -0.0650. The van der Waals surface area contributed by atoms with Crippen molar-refractivity contribution >= 4 is 0 Å². The maximum absolute atomic E-state index is 5.46. The van der Waals surface area contributed by atoms with Gasteiger partial charge in [-0.15, -0.1) is 0 Å². The van der Waals surface area contributed by atoms with Gasteiger partial charge in [-0.3, -0.25) is 0 Å². The average Bonchev–Trinajstić information content (AvgIpc) is 2.12. The van der Waals surface area contributed by atoms with E-state index in [4.69, 9.17) is 18.9 Å². The summed E-state index contributed by atoms with van der Waals surface area (Å²) >= 11 is 0. The van der Waals surface area contributed by atoms with E-state index in [1.54, 1.807) is 21.3 Å². The maximum Gasteiger partial charge on any atom is 0.104 e. The first-order chi connectivity index (χ1) is 6.24. The zero-order chi connectivity index (χ0) is 10.1. The van der Waals surface area contributed by atoms with Crippen LogP contribution in [-0.4, -0.2) is 53.4 Å². The van der Waals surface area contributed by atoms with Crippen molar-refractivity contribution in [3.05, 3.63) is 0 Å². The Bertz CT molecular complexity index is 108. The van der Waals surface area contributed by atoms with E-state index in [1.807, 2.05) is 6.92 Å². The van der Waals surface area contributed by atoms with Gasteiger partial charge in [-0.1, -0.05) is 0 Å². The molecule has 4 heteroatoms. The topological polar surface area (TPSA) is 36.9 Å². The molecule has 0 radical (unpaired) electrons. The molecule has 0 amide bonds. The van der Waals surface area contributed by atoms with Gasteiger partial charge in [0.25, 0.3) is 0 Å². The summed E-state index contributed by atoms with van der Waals surface area (Å²) in [6, 6.07) is 0. The number of ether oxygens (including phenoxy) is 4. The van der Waals surface area contributed by atoms with Crippen molar-refractivity contribution in [3.63, 3.8) is 0 Å². The second kappa shape index (κ2) is 8.44. The van der Waals surface area contributed by atoms with Crippen LogP contribution >= 0.6 is 0 Å². The van der Waals surface area contributed by atoms with Gasteiger partial charge in [-0.2, -0.15) is 0 Å². The van der Waals surface area contributed by atoms with Crippen molar-refractivity contribution in [1.29, 1.82) is 0 Å². The molecule has 0 aliphatic rings. The van der Waals surface area contributed by atoms with Crippen molar-refractivity contribution in [2.45, 2.75) is 19.1 Å². The smallest absolute Gasteiger partial charge is 0.104 e. The zero-order valence-corrected chi connectivity index (χ0v) is 8.91. The monoisotopic (exact) mass is 192 g/mol. The SMILES string of the molecule is COCC(C)OCC(COC)OC. The Morgan fingerprint density at radius 2 is 1.54 bits per heavy atom. The molecule has 0 saturated carbocycles. The highest BCUT2D eigenvalue weighted by Crippen LogP contribution is 1.97. The van der Waals surface area contributed by atoms with Crippen LogP contribution in [0.15, 0.2) is 0 Å². The molecule has 0 aromatic heterocycles. The number of rotatable bonds is 8. The van der Waals surface area contributed by atoms with Gasteiger partial charge >= 0.3 is 0 Å². The van der Waals surface area contributed by atoms with Gasteiger partial charge in [0.05, 0.1) is 25.9 Å². The van der Waals surface area contributed by atoms with Gasteiger partial charge in [-0.05, 0) is 6.92 Å². The Balaban J connectivity index is 3.46. The Hall–Kier alpha value is -0.160. The van der Waals surface area contributed by atoms with E-state index >= 15 is 0 Å². The molecule has 0 N–H and O–H groups in total. The van der Waals surface area contributed by atoms with E-state index in [9.17, 15) is 0 Å². The third kappa shape index (κ3) is 6.95. The summed E-state index contributed by atoms with van der Waals surface area (Å²) in [4.78, 5) is 0. The standard InChI is InChI=1S/C9H20O4/c1-8(5-10-2)13-7-9(12-4)6-11-3/h8-9H,5-7H2,1-4H3. The van der Waals surface area contributed by atoms with Crippen molar-refractivity contribution in [1.82, 2.24) is 0 Å². The minimum Gasteiger partial charge on any atom is -0.382 e. The maximum atomic E-state index is 5.46. The third-order valence-corrected chi connectivity index (χ3v) is 1.65. The summed E-state index contributed by atoms with van der Waals surface area (Å²) in [6.45, 7) is 3.65. The molecule has 0 aromatic carbocycles. The highest BCUT2D eigenvalue weighted by atomic mass is 16.6. The molecule has 0 bridgehead atoms. The fourth-order valence-electron chi connectivity index (χ4n) is 0.924. The normalized spacial score (nSPS) is 15.7. The van der Waals surface area contributed by atoms with Crippen LogP contribution in [0.3, 0.4) is 0 Å². The van der Waals surface area contributed by atoms with Crippen LogP contribution in [0.2, 0.25) is 0 Å². The van der Waals surface area contributed by atoms with Gasteiger partial charge in [0.2, 0.25) is 0 Å². The minimum atomic E-state index is 0.00399. The zero-order valence-electron chi connectivity index (χ0n) is 8.91. The summed E-state index contributed by atoms with van der Waals surface area (Å²) in [7, 11) is 4.95. The van der Waals surface area contributed by atoms with Crippen molar-refractivity contribution in [3.8, 4) is 0 Å². The molecular weight excluding hydrogens is 172 g/mol. The lowest BCUT2D eigenvalue weighted by Gasteiger charge is -2.17. The van der Waals surface area contributed by atoms with Crippen LogP contribution in [0.5, 0.6) is 0 Å². The summed E-state index contributed by atoms with van der Waals surface area (Å²) in [5.74, 6) is 0. The molecule has 0 fully saturated rings. The molecular formula is C9H20O4. The van der Waals surface area contributed by atoms with Crippen LogP contribution < -0.4 is 0 Å². The van der Waals surface area contributed by atoms with Gasteiger partial charge in [0.15, 0.2) is 0 Å². The van der Waals surface area contributed by atoms with E-state index < -0.39 is 0 Å². The van der Waals surface area contributed by atoms with Crippen LogP contribution in [-0.2, 0) is 18.9 Å². The van der Waals surface area contributed by atoms with E-state index in [0.717, 1.165) is 0 Å². The number of hydrogen-bond acceptors (Lipinski definition) is 4. The Kier molecular flexibility index (Phi) is 8.33. The van der Waals surface area contributed by atoms with Crippen LogP contribution in [0, 0.1) is 0 Å². The lowest BCUT2D eigenvalue weighted by Crippen LogP contribution is -2.27. The van der Waals surface area contributed by atoms with Gasteiger partial charge < -0.3 is 18.9 Å². The van der Waals surface area contributed by atoms with Crippen molar-refractivity contribution in [2.24, 2.45) is 0 Å². The summed E-state index contributed by atoms with van der Waals surface area (Å²) in [5, 5.41) is 0. The summed E-state index contributed by atoms with van der Waals surface area (Å²) in [5.41, 5.74) is 0. The lowest BCUT2D eigenvalue weighted by atomic mass is 10.4. The molecule has 0 aromatic rings. The highest BCUT2D eigenvalue weighted by molar-refractivity contribution is 4.56. The molecule has 0 aliphatic heterocycles. The van der Waals surface area contributed by atoms with E-state index in [0.29, 0.717) is 19.8 Å². The molecule has 80 valence electrons. The first-order valence-corrected chi connectivity index (χ1v) is 4.36. The average molecular weight is 192 g/mol. The third-order valence-electron chi connectivity index (χ3n) is 1.65. The fraction of sp³-hybridized carbons (Fsp3) is 1.00. The molecule has 13 heavy (non-hydrogen) atoms. The van der Waals surface area contributed by atoms with Crippen molar-refractivity contribution < 1.29 is 18.9 Å². The second-order valence-electron chi connectivity index (χ2n) is 2.91. The van der Waals surface area contributed by atoms with E-state index in [-0.39, 0.29) is 12.2 Å². The van der Waals surface area contributed by atoms with Gasteiger partial charge in [0, 0.05) is 21.3 Å². The minimum absolute atomic E-state index is 0.00399. The van der Waals surface area contributed by atoms with Gasteiger partial charge in [0.1, 0.15) is 6.10 Å². The Labute approximate surface area is 80.1 Å². The van der Waals surface area contributed by atoms with E-state index in [2.05, 4.69) is 0 Å². The quantitative estimate of drug-likeness (QED) is 0.567. The van der Waals surface area contributed by atoms with E-state index in [1.165, 1.54) is 0 Å². The Morgan fingerprint density at radius 1 is 0.923 bits per heavy atom. The summed E-state index contributed by atoms with van der Waals surface area (Å²) < 4.78 is 20.5. The van der Waals surface area contributed by atoms with Crippen LogP contribution in [0.4, 0.5) is 0 Å². The van der Waals surface area contributed by atoms with Crippen LogP contribution in [0.25, 0.3) is 0 Å². The molecule has 2 unspecified atom stereocenters. The Morgan fingerprint density at radius 3 is 2.00 bits per heavy atom. The first-order valence-electron chi connectivity index (χ1n) is 4.36. The molecule has 2 atom stereocenters. The molecule has 0 spiro atoms. The predicted molar refractivity (Wildman–Crippen MR) is 50.0 cm³/mol. The van der Waals surface area contributed by atoms with Crippen molar-refractivity contribution in [2.75, 3.05) is 41.2 Å². The van der Waals surface area contributed by atoms with Gasteiger partial charge in [-0.25, -0.2) is 0 Å². The molecule has 4 nitrogen and oxygen atoms in total. The molecule has 0 rings (SSSR count). The summed E-state index contributed by atoms with van der Waals surface area (Å²) in [6.07, 6.45) is 0.101. The first kappa shape index (κ1) is 12.8. The van der Waals surface area contributed by atoms with Crippen LogP contribution in [0.1, 0.15) is 6.92 Å². The molecule has 0 saturated heterocycles. The highest BCUT2D eigenvalue weighted by Gasteiger charge is 2.09. The molecule has 0 heterocycles. The largest absolute Gasteiger partial charge is 0.382 e. The number of hydrogen-bond donors (Lipinski definition) is 0. The fourth-order valence-corrected chi connectivity index (χ4v) is 0.924. The second-order valence-corrected chi connectivity index (χ2v) is 2.91. The number of methoxy groups -OCH3 is 3.